The molecule has 56 heavy (non-hydrogen) atoms. The molecule has 1 aliphatic heterocycles. The molecular formula is C42H60N6O8. The van der Waals surface area contributed by atoms with Gasteiger partial charge in [-0.25, -0.2) is 23.9 Å². The first-order valence-corrected chi connectivity index (χ1v) is 19.5. The summed E-state index contributed by atoms with van der Waals surface area (Å²) >= 11 is 0. The number of hydrogen-bond acceptors (Lipinski definition) is 9. The third-order valence-electron chi connectivity index (χ3n) is 10.8. The number of carbonyl (C=O) groups is 3. The van der Waals surface area contributed by atoms with Gasteiger partial charge in [-0.1, -0.05) is 69.2 Å². The maximum atomic E-state index is 14.7. The number of aromatic nitrogens is 3. The zero-order valence-electron chi connectivity index (χ0n) is 35.1. The van der Waals surface area contributed by atoms with Gasteiger partial charge in [0, 0.05) is 43.0 Å². The van der Waals surface area contributed by atoms with Crippen molar-refractivity contribution in [3.63, 3.8) is 0 Å². The van der Waals surface area contributed by atoms with Crippen molar-refractivity contribution >= 4 is 35.0 Å². The predicted molar refractivity (Wildman–Crippen MR) is 213 cm³/mol. The van der Waals surface area contributed by atoms with E-state index >= 15 is 0 Å². The van der Waals surface area contributed by atoms with E-state index in [2.05, 4.69) is 63.7 Å². The van der Waals surface area contributed by atoms with Crippen LogP contribution in [0.4, 0.5) is 16.2 Å². The molecule has 3 atom stereocenters. The summed E-state index contributed by atoms with van der Waals surface area (Å²) in [6, 6.07) is 5.20. The monoisotopic (exact) mass is 776 g/mol. The summed E-state index contributed by atoms with van der Waals surface area (Å²) < 4.78 is 30.7. The van der Waals surface area contributed by atoms with Crippen molar-refractivity contribution in [1.29, 1.82) is 0 Å². The van der Waals surface area contributed by atoms with Crippen LogP contribution in [0.15, 0.2) is 18.2 Å². The Hall–Kier alpha value is -4.61. The van der Waals surface area contributed by atoms with Gasteiger partial charge in [0.25, 0.3) is 5.69 Å². The van der Waals surface area contributed by atoms with E-state index in [1.54, 1.807) is 25.3 Å². The van der Waals surface area contributed by atoms with Gasteiger partial charge in [-0.2, -0.15) is 0 Å². The maximum Gasteiger partial charge on any atom is 0.415 e. The number of esters is 1. The predicted octanol–water partition coefficient (Wildman–Crippen LogP) is 8.39. The molecule has 0 bridgehead atoms. The Morgan fingerprint density at radius 1 is 1.04 bits per heavy atom. The molecule has 3 unspecified atom stereocenters. The number of nitrogens with one attached hydrogen (secondary N) is 2. The minimum absolute atomic E-state index is 0.0522. The van der Waals surface area contributed by atoms with E-state index in [1.165, 1.54) is 9.42 Å². The van der Waals surface area contributed by atoms with Gasteiger partial charge in [-0.15, -0.1) is 0 Å². The molecule has 14 nitrogen and oxygen atoms in total. The molecule has 1 saturated carbocycles. The minimum Gasteiger partial charge on any atom is -0.486 e. The smallest absolute Gasteiger partial charge is 0.415 e. The van der Waals surface area contributed by atoms with Crippen LogP contribution in [0.2, 0.25) is 0 Å². The van der Waals surface area contributed by atoms with Crippen LogP contribution in [-0.2, 0) is 19.0 Å². The Labute approximate surface area is 330 Å². The fourth-order valence-corrected chi connectivity index (χ4v) is 7.61. The summed E-state index contributed by atoms with van der Waals surface area (Å²) in [5.41, 5.74) is -0.318. The van der Waals surface area contributed by atoms with Crippen molar-refractivity contribution in [2.45, 2.75) is 101 Å². The van der Waals surface area contributed by atoms with E-state index in [0.29, 0.717) is 55.8 Å². The van der Waals surface area contributed by atoms with Crippen molar-refractivity contribution in [3.8, 4) is 23.0 Å². The minimum atomic E-state index is -0.711. The molecule has 2 aromatic heterocycles. The molecule has 2 aliphatic rings. The van der Waals surface area contributed by atoms with Crippen molar-refractivity contribution in [2.75, 3.05) is 45.3 Å². The number of fused-ring (bicyclic) bond motifs is 1. The molecule has 1 aromatic carbocycles. The molecule has 2 amide bonds. The topological polar surface area (TPSA) is 150 Å². The van der Waals surface area contributed by atoms with Gasteiger partial charge in [0.2, 0.25) is 11.8 Å². The van der Waals surface area contributed by atoms with Crippen LogP contribution >= 0.6 is 0 Å². The third kappa shape index (κ3) is 9.32. The zero-order chi connectivity index (χ0) is 41.3. The van der Waals surface area contributed by atoms with Gasteiger partial charge in [-0.3, -0.25) is 9.89 Å². The van der Waals surface area contributed by atoms with E-state index in [1.807, 2.05) is 27.7 Å². The van der Waals surface area contributed by atoms with E-state index < -0.39 is 23.6 Å². The van der Waals surface area contributed by atoms with E-state index in [9.17, 15) is 14.4 Å². The number of H-pyrrole nitrogens is 1. The van der Waals surface area contributed by atoms with Crippen LogP contribution in [0.25, 0.3) is 21.9 Å². The second-order valence-electron chi connectivity index (χ2n) is 18.5. The van der Waals surface area contributed by atoms with Crippen molar-refractivity contribution in [3.05, 3.63) is 35.2 Å². The van der Waals surface area contributed by atoms with Gasteiger partial charge >= 0.3 is 12.1 Å². The van der Waals surface area contributed by atoms with Crippen LogP contribution in [0, 0.1) is 40.6 Å². The lowest BCUT2D eigenvalue weighted by Crippen LogP contribution is -2.49. The lowest BCUT2D eigenvalue weighted by Gasteiger charge is -2.50. The maximum absolute atomic E-state index is 14.7. The average molecular weight is 777 g/mol. The second-order valence-corrected chi connectivity index (χ2v) is 18.5. The highest BCUT2D eigenvalue weighted by molar-refractivity contribution is 6.05. The number of anilines is 1. The summed E-state index contributed by atoms with van der Waals surface area (Å²) in [6.07, 6.45) is 0.344. The molecule has 5 rings (SSSR count). The van der Waals surface area contributed by atoms with Crippen LogP contribution in [0.5, 0.6) is 11.6 Å². The molecule has 1 aliphatic carbocycles. The molecule has 2 fully saturated rings. The number of aromatic amines is 1. The van der Waals surface area contributed by atoms with Crippen LogP contribution in [0.3, 0.4) is 0 Å². The molecule has 3 aromatic rings. The molecule has 2 N–H and O–H groups in total. The number of benzene rings is 1. The number of rotatable bonds is 9. The van der Waals surface area contributed by atoms with Crippen molar-refractivity contribution in [1.82, 2.24) is 19.5 Å². The Balaban J connectivity index is 1.65. The number of methoxy groups -OCH3 is 1. The normalized spacial score (nSPS) is 21.3. The van der Waals surface area contributed by atoms with E-state index in [4.69, 9.17) is 35.2 Å². The number of ether oxygens (including phenoxy) is 5. The standard InChI is InChI=1S/C42H60N6O8/c1-24-20-27(40(3,4)5)33(28(21-24)41(6,7)8)55-37(49)31-32(43-12)36(56-39(51)47-16-18-53-19-17-47)48-35(31)45-34(46-48)26-14-15-30(54-25(2)23-52-13)29(22-26)44-38(50)42(9,10)11/h14-15,22,24-25,27-28,33H,16-21,23H2,1-11,13H3,(H,44,50)(H,45,46). The highest BCUT2D eigenvalue weighted by Gasteiger charge is 2.48. The van der Waals surface area contributed by atoms with Gasteiger partial charge in [-0.05, 0) is 54.7 Å². The van der Waals surface area contributed by atoms with Crippen molar-refractivity contribution in [2.24, 2.45) is 34.0 Å². The second kappa shape index (κ2) is 16.5. The zero-order valence-corrected chi connectivity index (χ0v) is 35.1. The molecule has 0 spiro atoms. The fraction of sp³-hybridized carbons (Fsp3) is 0.643. The number of hydrogen-bond donors (Lipinski definition) is 2. The number of carbonyl (C=O) groups excluding carboxylic acids is 3. The number of nitrogens with zero attached hydrogens (tertiary/aromatic N) is 4. The number of amides is 2. The summed E-state index contributed by atoms with van der Waals surface area (Å²) in [6.45, 7) is 32.5. The summed E-state index contributed by atoms with van der Waals surface area (Å²) in [5.74, 6) is 0.140. The third-order valence-corrected chi connectivity index (χ3v) is 10.8. The molecule has 1 saturated heterocycles. The largest absolute Gasteiger partial charge is 0.486 e. The fourth-order valence-electron chi connectivity index (χ4n) is 7.61. The van der Waals surface area contributed by atoms with Gasteiger partial charge < -0.3 is 33.9 Å². The summed E-state index contributed by atoms with van der Waals surface area (Å²) in [4.78, 5) is 51.5. The Morgan fingerprint density at radius 2 is 1.66 bits per heavy atom. The first kappa shape index (κ1) is 42.5. The van der Waals surface area contributed by atoms with Crippen molar-refractivity contribution < 1.29 is 38.1 Å². The summed E-state index contributed by atoms with van der Waals surface area (Å²) in [7, 11) is 1.59. The highest BCUT2D eigenvalue weighted by atomic mass is 16.6. The first-order chi connectivity index (χ1) is 26.1. The van der Waals surface area contributed by atoms with Crippen LogP contribution < -0.4 is 14.8 Å². The van der Waals surface area contributed by atoms with Gasteiger partial charge in [0.1, 0.15) is 23.5 Å². The molecular weight excluding hydrogens is 716 g/mol. The Kier molecular flexibility index (Phi) is 12.5. The van der Waals surface area contributed by atoms with Crippen LogP contribution in [-0.4, -0.2) is 89.7 Å². The number of morpholine rings is 1. The SMILES string of the molecule is [C-]#[N+]c1c(C(=O)OC2C(C(C)(C)C)CC(C)CC2C(C)(C)C)c2nc(-c3ccc(OC(C)COC)c(NC(=O)C(C)(C)C)c3)[nH]n2c1OC(=O)N1CCOCC1. The highest BCUT2D eigenvalue weighted by Crippen LogP contribution is 2.50. The average Bonchev–Trinajstić information content (AvgIpc) is 3.66. The lowest BCUT2D eigenvalue weighted by molar-refractivity contribution is -0.123. The Morgan fingerprint density at radius 3 is 2.21 bits per heavy atom. The Bertz CT molecular complexity index is 1930. The molecule has 0 radical (unpaired) electrons. The molecule has 14 heteroatoms. The molecule has 306 valence electrons. The first-order valence-electron chi connectivity index (χ1n) is 19.5. The lowest BCUT2D eigenvalue weighted by atomic mass is 9.59. The quantitative estimate of drug-likeness (QED) is 0.161. The summed E-state index contributed by atoms with van der Waals surface area (Å²) in [5, 5.41) is 6.15. The van der Waals surface area contributed by atoms with Crippen LogP contribution in [0.1, 0.15) is 99.4 Å². The van der Waals surface area contributed by atoms with Gasteiger partial charge in [0.05, 0.1) is 32.1 Å². The van der Waals surface area contributed by atoms with E-state index in [-0.39, 0.29) is 63.3 Å². The molecule has 3 heterocycles. The van der Waals surface area contributed by atoms with E-state index in [0.717, 1.165) is 12.8 Å². The van der Waals surface area contributed by atoms with Gasteiger partial charge in [0.15, 0.2) is 11.5 Å².